The van der Waals surface area contributed by atoms with Crippen molar-refractivity contribution in [3.63, 3.8) is 0 Å². The predicted molar refractivity (Wildman–Crippen MR) is 92.8 cm³/mol. The zero-order valence-corrected chi connectivity index (χ0v) is 15.0. The number of unbranched alkanes of at least 4 members (excludes halogenated alkanes) is 1. The minimum absolute atomic E-state index is 0.546. The van der Waals surface area contributed by atoms with Crippen LogP contribution in [0.5, 0.6) is 0 Å². The molecular formula is C19H39NO. The van der Waals surface area contributed by atoms with E-state index >= 15 is 0 Å². The van der Waals surface area contributed by atoms with Crippen molar-refractivity contribution in [3.05, 3.63) is 0 Å². The second-order valence-corrected chi connectivity index (χ2v) is 7.42. The first-order chi connectivity index (χ1) is 10.1. The van der Waals surface area contributed by atoms with E-state index in [1.165, 1.54) is 64.3 Å². The molecule has 0 radical (unpaired) electrons. The normalized spacial score (nSPS) is 26.4. The summed E-state index contributed by atoms with van der Waals surface area (Å²) in [5, 5.41) is 3.71. The summed E-state index contributed by atoms with van der Waals surface area (Å²) in [4.78, 5) is 0. The highest BCUT2D eigenvalue weighted by Gasteiger charge is 2.34. The molecule has 0 spiro atoms. The van der Waals surface area contributed by atoms with E-state index in [0.717, 1.165) is 19.1 Å². The highest BCUT2D eigenvalue weighted by Crippen LogP contribution is 2.43. The minimum atomic E-state index is 0.546. The van der Waals surface area contributed by atoms with Crippen molar-refractivity contribution in [2.45, 2.75) is 91.5 Å². The third-order valence-corrected chi connectivity index (χ3v) is 5.22. The Kier molecular flexibility index (Phi) is 9.59. The van der Waals surface area contributed by atoms with Crippen LogP contribution in [0.25, 0.3) is 0 Å². The molecule has 0 atom stereocenters. The summed E-state index contributed by atoms with van der Waals surface area (Å²) < 4.78 is 5.55. The van der Waals surface area contributed by atoms with E-state index in [9.17, 15) is 0 Å². The van der Waals surface area contributed by atoms with Crippen LogP contribution in [-0.4, -0.2) is 25.8 Å². The number of hydrogen-bond donors (Lipinski definition) is 1. The van der Waals surface area contributed by atoms with Gasteiger partial charge in [-0.1, -0.05) is 40.0 Å². The van der Waals surface area contributed by atoms with Crippen molar-refractivity contribution >= 4 is 0 Å². The highest BCUT2D eigenvalue weighted by molar-refractivity contribution is 4.88. The quantitative estimate of drug-likeness (QED) is 0.531. The maximum absolute atomic E-state index is 5.55. The zero-order chi connectivity index (χ0) is 15.6. The lowest BCUT2D eigenvalue weighted by Gasteiger charge is -2.41. The van der Waals surface area contributed by atoms with E-state index in [4.69, 9.17) is 4.74 Å². The summed E-state index contributed by atoms with van der Waals surface area (Å²) in [7, 11) is 0. The summed E-state index contributed by atoms with van der Waals surface area (Å²) >= 11 is 0. The summed E-state index contributed by atoms with van der Waals surface area (Å²) in [5.74, 6) is 1.00. The molecule has 0 aromatic carbocycles. The van der Waals surface area contributed by atoms with Crippen LogP contribution < -0.4 is 5.32 Å². The monoisotopic (exact) mass is 297 g/mol. The highest BCUT2D eigenvalue weighted by atomic mass is 16.5. The van der Waals surface area contributed by atoms with Gasteiger partial charge in [0.25, 0.3) is 0 Å². The fourth-order valence-corrected chi connectivity index (χ4v) is 3.70. The molecule has 1 N–H and O–H groups in total. The van der Waals surface area contributed by atoms with Crippen LogP contribution in [0.1, 0.15) is 85.5 Å². The molecule has 0 amide bonds. The summed E-state index contributed by atoms with van der Waals surface area (Å²) in [6.07, 6.45) is 12.6. The molecule has 2 heteroatoms. The number of nitrogens with one attached hydrogen (secondary N) is 1. The topological polar surface area (TPSA) is 21.3 Å². The second-order valence-electron chi connectivity index (χ2n) is 7.42. The lowest BCUT2D eigenvalue weighted by Crippen LogP contribution is -2.40. The van der Waals surface area contributed by atoms with Crippen molar-refractivity contribution in [1.29, 1.82) is 0 Å². The Hall–Kier alpha value is -0.0800. The minimum Gasteiger partial charge on any atom is -0.382 e. The molecule has 0 bridgehead atoms. The maximum atomic E-state index is 5.55. The second kappa shape index (κ2) is 10.6. The van der Waals surface area contributed by atoms with Gasteiger partial charge in [0.15, 0.2) is 0 Å². The Morgan fingerprint density at radius 3 is 2.43 bits per heavy atom. The Balaban J connectivity index is 2.42. The van der Waals surface area contributed by atoms with Crippen LogP contribution in [0.3, 0.4) is 0 Å². The van der Waals surface area contributed by atoms with Crippen molar-refractivity contribution < 1.29 is 4.74 Å². The Morgan fingerprint density at radius 2 is 1.86 bits per heavy atom. The van der Waals surface area contributed by atoms with E-state index in [2.05, 4.69) is 33.0 Å². The van der Waals surface area contributed by atoms with Gasteiger partial charge in [-0.3, -0.25) is 0 Å². The summed E-state index contributed by atoms with van der Waals surface area (Å²) in [6, 6.07) is 0.603. The van der Waals surface area contributed by atoms with E-state index < -0.39 is 0 Å². The SMILES string of the molecule is CCCCC1CCC(CCCOCC)(CNC(C)C)CC1. The first kappa shape index (κ1) is 19.0. The van der Waals surface area contributed by atoms with Gasteiger partial charge in [-0.15, -0.1) is 0 Å². The largest absolute Gasteiger partial charge is 0.382 e. The van der Waals surface area contributed by atoms with Crippen LogP contribution in [0, 0.1) is 11.3 Å². The molecule has 0 aromatic heterocycles. The van der Waals surface area contributed by atoms with Gasteiger partial charge in [-0.25, -0.2) is 0 Å². The first-order valence-corrected chi connectivity index (χ1v) is 9.43. The van der Waals surface area contributed by atoms with E-state index in [1.807, 2.05) is 0 Å². The molecule has 1 rings (SSSR count). The van der Waals surface area contributed by atoms with Gasteiger partial charge in [-0.05, 0) is 56.8 Å². The molecule has 0 aliphatic heterocycles. The Morgan fingerprint density at radius 1 is 1.14 bits per heavy atom. The van der Waals surface area contributed by atoms with E-state index in [-0.39, 0.29) is 0 Å². The molecule has 0 aromatic rings. The van der Waals surface area contributed by atoms with Gasteiger partial charge in [0.2, 0.25) is 0 Å². The van der Waals surface area contributed by atoms with Gasteiger partial charge < -0.3 is 10.1 Å². The lowest BCUT2D eigenvalue weighted by molar-refractivity contribution is 0.0927. The van der Waals surface area contributed by atoms with Crippen LogP contribution in [-0.2, 0) is 4.74 Å². The molecule has 1 aliphatic rings. The molecule has 0 unspecified atom stereocenters. The Labute approximate surface area is 133 Å². The van der Waals surface area contributed by atoms with Gasteiger partial charge in [-0.2, -0.15) is 0 Å². The molecular weight excluding hydrogens is 258 g/mol. The van der Waals surface area contributed by atoms with Crippen LogP contribution in [0.2, 0.25) is 0 Å². The molecule has 21 heavy (non-hydrogen) atoms. The van der Waals surface area contributed by atoms with Crippen molar-refractivity contribution in [3.8, 4) is 0 Å². The smallest absolute Gasteiger partial charge is 0.0466 e. The third-order valence-electron chi connectivity index (χ3n) is 5.22. The molecule has 1 aliphatic carbocycles. The molecule has 1 fully saturated rings. The third kappa shape index (κ3) is 7.65. The molecule has 0 heterocycles. The first-order valence-electron chi connectivity index (χ1n) is 9.43. The molecule has 0 saturated heterocycles. The predicted octanol–water partition coefficient (Wildman–Crippen LogP) is 5.17. The van der Waals surface area contributed by atoms with E-state index in [0.29, 0.717) is 11.5 Å². The average molecular weight is 298 g/mol. The van der Waals surface area contributed by atoms with Crippen LogP contribution >= 0.6 is 0 Å². The van der Waals surface area contributed by atoms with Gasteiger partial charge in [0, 0.05) is 25.8 Å². The van der Waals surface area contributed by atoms with Crippen molar-refractivity contribution in [2.75, 3.05) is 19.8 Å². The standard InChI is InChI=1S/C19H39NO/c1-5-7-9-18-10-13-19(14-11-18,16-20-17(3)4)12-8-15-21-6-2/h17-18,20H,5-16H2,1-4H3. The number of rotatable bonds is 11. The Bertz CT molecular complexity index is 244. The summed E-state index contributed by atoms with van der Waals surface area (Å²) in [6.45, 7) is 11.9. The fraction of sp³-hybridized carbons (Fsp3) is 1.00. The molecule has 2 nitrogen and oxygen atoms in total. The van der Waals surface area contributed by atoms with Crippen LogP contribution in [0.4, 0.5) is 0 Å². The molecule has 126 valence electrons. The van der Waals surface area contributed by atoms with Gasteiger partial charge in [0.1, 0.15) is 0 Å². The van der Waals surface area contributed by atoms with Gasteiger partial charge in [0.05, 0.1) is 0 Å². The van der Waals surface area contributed by atoms with Gasteiger partial charge >= 0.3 is 0 Å². The summed E-state index contributed by atoms with van der Waals surface area (Å²) in [5.41, 5.74) is 0.546. The molecule has 1 saturated carbocycles. The fourth-order valence-electron chi connectivity index (χ4n) is 3.70. The number of hydrogen-bond acceptors (Lipinski definition) is 2. The van der Waals surface area contributed by atoms with Crippen molar-refractivity contribution in [2.24, 2.45) is 11.3 Å². The maximum Gasteiger partial charge on any atom is 0.0466 e. The average Bonchev–Trinajstić information content (AvgIpc) is 2.49. The van der Waals surface area contributed by atoms with Crippen molar-refractivity contribution in [1.82, 2.24) is 5.32 Å². The van der Waals surface area contributed by atoms with E-state index in [1.54, 1.807) is 0 Å². The zero-order valence-electron chi connectivity index (χ0n) is 15.0. The van der Waals surface area contributed by atoms with Crippen LogP contribution in [0.15, 0.2) is 0 Å². The lowest BCUT2D eigenvalue weighted by atomic mass is 9.67. The number of ether oxygens (including phenoxy) is 1.